The Bertz CT molecular complexity index is 666. The van der Waals surface area contributed by atoms with Gasteiger partial charge in [0.15, 0.2) is 5.78 Å². The Hall–Kier alpha value is -1.35. The van der Waals surface area contributed by atoms with Crippen molar-refractivity contribution in [1.29, 1.82) is 0 Å². The van der Waals surface area contributed by atoms with E-state index in [1.54, 1.807) is 26.0 Å². The fourth-order valence-corrected chi connectivity index (χ4v) is 5.02. The largest absolute Gasteiger partial charge is 0.508 e. The van der Waals surface area contributed by atoms with Crippen LogP contribution in [0.2, 0.25) is 0 Å². The Balaban J connectivity index is 2.22. The van der Waals surface area contributed by atoms with Crippen LogP contribution in [0.15, 0.2) is 12.1 Å². The second kappa shape index (κ2) is 4.83. The lowest BCUT2D eigenvalue weighted by Gasteiger charge is -2.54. The third-order valence-electron chi connectivity index (χ3n) is 6.33. The Labute approximate surface area is 138 Å². The lowest BCUT2D eigenvalue weighted by Crippen LogP contribution is -2.49. The van der Waals surface area contributed by atoms with Gasteiger partial charge in [0.25, 0.3) is 0 Å². The molecular weight excluding hydrogens is 288 g/mol. The van der Waals surface area contributed by atoms with Crippen LogP contribution in [0.25, 0.3) is 0 Å². The number of carbonyl (C=O) groups is 1. The van der Waals surface area contributed by atoms with Gasteiger partial charge < -0.3 is 10.2 Å². The molecule has 3 nitrogen and oxygen atoms in total. The number of rotatable bonds is 1. The van der Waals surface area contributed by atoms with Crippen molar-refractivity contribution in [2.45, 2.75) is 71.3 Å². The summed E-state index contributed by atoms with van der Waals surface area (Å²) in [7, 11) is 0. The number of carbonyl (C=O) groups excluding carboxylic acids is 1. The van der Waals surface area contributed by atoms with Crippen LogP contribution in [0.1, 0.15) is 81.8 Å². The monoisotopic (exact) mass is 316 g/mol. The van der Waals surface area contributed by atoms with E-state index in [0.717, 1.165) is 24.8 Å². The van der Waals surface area contributed by atoms with Gasteiger partial charge in [-0.3, -0.25) is 4.79 Å². The number of fused-ring (bicyclic) bond motifs is 3. The Morgan fingerprint density at radius 3 is 2.43 bits per heavy atom. The molecule has 0 bridgehead atoms. The van der Waals surface area contributed by atoms with E-state index in [2.05, 4.69) is 20.8 Å². The lowest BCUT2D eigenvalue weighted by molar-refractivity contribution is 0.0363. The molecule has 3 heteroatoms. The van der Waals surface area contributed by atoms with Gasteiger partial charge in [-0.2, -0.15) is 0 Å². The number of phenolic OH excluding ortho intramolecular Hbond substituents is 1. The summed E-state index contributed by atoms with van der Waals surface area (Å²) in [5.41, 5.74) is 0.976. The minimum absolute atomic E-state index is 0.0827. The number of ketones is 1. The molecule has 3 rings (SSSR count). The number of hydrogen-bond acceptors (Lipinski definition) is 3. The first-order valence-electron chi connectivity index (χ1n) is 8.60. The van der Waals surface area contributed by atoms with Crippen LogP contribution in [0.4, 0.5) is 0 Å². The zero-order valence-electron chi connectivity index (χ0n) is 14.9. The van der Waals surface area contributed by atoms with Crippen LogP contribution in [0, 0.1) is 11.3 Å². The molecule has 0 amide bonds. The van der Waals surface area contributed by atoms with Crippen LogP contribution in [0.3, 0.4) is 0 Å². The highest BCUT2D eigenvalue weighted by Crippen LogP contribution is 2.57. The Kier molecular flexibility index (Phi) is 3.46. The fraction of sp³-hybridized carbons (Fsp3) is 0.650. The SMILES string of the molecule is CC(C)(O)c1cc2c(cc1O)[C@@]1(C)CCCC(C)(C)[C@@H]1CC2=O. The number of phenols is 1. The molecule has 0 unspecified atom stereocenters. The predicted octanol–water partition coefficient (Wildman–Crippen LogP) is 4.29. The van der Waals surface area contributed by atoms with E-state index in [1.807, 2.05) is 0 Å². The molecular formula is C20H28O3. The molecule has 0 saturated heterocycles. The molecule has 0 radical (unpaired) electrons. The lowest BCUT2D eigenvalue weighted by atomic mass is 9.50. The van der Waals surface area contributed by atoms with Crippen molar-refractivity contribution in [1.82, 2.24) is 0 Å². The molecule has 126 valence electrons. The highest BCUT2D eigenvalue weighted by molar-refractivity contribution is 6.00. The molecule has 2 aliphatic rings. The summed E-state index contributed by atoms with van der Waals surface area (Å²) in [5, 5.41) is 20.7. The quantitative estimate of drug-likeness (QED) is 0.812. The predicted molar refractivity (Wildman–Crippen MR) is 90.8 cm³/mol. The molecule has 1 aromatic carbocycles. The van der Waals surface area contributed by atoms with Gasteiger partial charge in [0.2, 0.25) is 0 Å². The third kappa shape index (κ3) is 2.40. The molecule has 23 heavy (non-hydrogen) atoms. The molecule has 0 aliphatic heterocycles. The maximum Gasteiger partial charge on any atom is 0.163 e. The van der Waals surface area contributed by atoms with Crippen LogP contribution < -0.4 is 0 Å². The van der Waals surface area contributed by atoms with Gasteiger partial charge in [-0.15, -0.1) is 0 Å². The fourth-order valence-electron chi connectivity index (χ4n) is 5.02. The van der Waals surface area contributed by atoms with Crippen molar-refractivity contribution < 1.29 is 15.0 Å². The van der Waals surface area contributed by atoms with E-state index >= 15 is 0 Å². The summed E-state index contributed by atoms with van der Waals surface area (Å²) < 4.78 is 0. The first-order valence-corrected chi connectivity index (χ1v) is 8.60. The van der Waals surface area contributed by atoms with Gasteiger partial charge in [0.05, 0.1) is 5.60 Å². The van der Waals surface area contributed by atoms with Crippen LogP contribution in [-0.2, 0) is 11.0 Å². The summed E-state index contributed by atoms with van der Waals surface area (Å²) in [6.07, 6.45) is 3.89. The molecule has 1 saturated carbocycles. The van der Waals surface area contributed by atoms with Gasteiger partial charge >= 0.3 is 0 Å². The van der Waals surface area contributed by atoms with Crippen molar-refractivity contribution in [3.05, 3.63) is 28.8 Å². The second-order valence-corrected chi connectivity index (χ2v) is 8.91. The van der Waals surface area contributed by atoms with Gasteiger partial charge in [-0.05, 0) is 61.1 Å². The molecule has 2 N–H and O–H groups in total. The highest BCUT2D eigenvalue weighted by Gasteiger charge is 2.52. The van der Waals surface area contributed by atoms with E-state index in [9.17, 15) is 15.0 Å². The molecule has 0 aromatic heterocycles. The molecule has 1 aromatic rings. The summed E-state index contributed by atoms with van der Waals surface area (Å²) in [6.45, 7) is 10.0. The number of benzene rings is 1. The van der Waals surface area contributed by atoms with E-state index < -0.39 is 5.60 Å². The van der Waals surface area contributed by atoms with Gasteiger partial charge in [-0.1, -0.05) is 27.2 Å². The number of aliphatic hydroxyl groups is 1. The zero-order chi connectivity index (χ0) is 17.2. The first-order chi connectivity index (χ1) is 10.5. The van der Waals surface area contributed by atoms with Crippen molar-refractivity contribution >= 4 is 5.78 Å². The van der Waals surface area contributed by atoms with Crippen LogP contribution in [0.5, 0.6) is 5.75 Å². The van der Waals surface area contributed by atoms with E-state index in [4.69, 9.17) is 0 Å². The Morgan fingerprint density at radius 2 is 1.83 bits per heavy atom. The molecule has 2 atom stereocenters. The minimum atomic E-state index is -1.16. The van der Waals surface area contributed by atoms with Gasteiger partial charge in [-0.25, -0.2) is 0 Å². The third-order valence-corrected chi connectivity index (χ3v) is 6.33. The van der Waals surface area contributed by atoms with Gasteiger partial charge in [0, 0.05) is 17.5 Å². The second-order valence-electron chi connectivity index (χ2n) is 8.91. The summed E-state index contributed by atoms with van der Waals surface area (Å²) >= 11 is 0. The van der Waals surface area contributed by atoms with Crippen LogP contribution >= 0.6 is 0 Å². The average molecular weight is 316 g/mol. The normalized spacial score (nSPS) is 29.8. The highest BCUT2D eigenvalue weighted by atomic mass is 16.3. The first kappa shape index (κ1) is 16.5. The maximum absolute atomic E-state index is 12.8. The Morgan fingerprint density at radius 1 is 1.17 bits per heavy atom. The van der Waals surface area contributed by atoms with E-state index in [0.29, 0.717) is 23.5 Å². The van der Waals surface area contributed by atoms with Crippen LogP contribution in [-0.4, -0.2) is 16.0 Å². The smallest absolute Gasteiger partial charge is 0.163 e. The standard InChI is InChI=1S/C20H28O3/c1-18(2)7-6-8-20(5)13-10-16(22)14(19(3,4)23)9-12(13)15(21)11-17(18)20/h9-10,17,22-23H,6-8,11H2,1-5H3/t17-,20+/m0/s1. The molecule has 0 spiro atoms. The minimum Gasteiger partial charge on any atom is -0.508 e. The van der Waals surface area contributed by atoms with Crippen molar-refractivity contribution in [3.8, 4) is 5.75 Å². The zero-order valence-corrected chi connectivity index (χ0v) is 14.9. The summed E-state index contributed by atoms with van der Waals surface area (Å²) in [5.74, 6) is 0.536. The van der Waals surface area contributed by atoms with Gasteiger partial charge in [0.1, 0.15) is 5.75 Å². The molecule has 0 heterocycles. The maximum atomic E-state index is 12.8. The molecule has 1 fully saturated rings. The van der Waals surface area contributed by atoms with Crippen molar-refractivity contribution in [2.75, 3.05) is 0 Å². The summed E-state index contributed by atoms with van der Waals surface area (Å²) in [4.78, 5) is 12.8. The number of Topliss-reactive ketones (excluding diaryl/α,β-unsaturated/α-hetero) is 1. The topological polar surface area (TPSA) is 57.5 Å². The van der Waals surface area contributed by atoms with E-state index in [1.165, 1.54) is 0 Å². The van der Waals surface area contributed by atoms with Crippen molar-refractivity contribution in [2.24, 2.45) is 11.3 Å². The van der Waals surface area contributed by atoms with Crippen molar-refractivity contribution in [3.63, 3.8) is 0 Å². The average Bonchev–Trinajstić information content (AvgIpc) is 2.40. The number of aromatic hydroxyl groups is 1. The molecule has 2 aliphatic carbocycles. The summed E-state index contributed by atoms with van der Waals surface area (Å²) in [6, 6.07) is 3.46. The number of hydrogen-bond donors (Lipinski definition) is 2. The van der Waals surface area contributed by atoms with E-state index in [-0.39, 0.29) is 22.4 Å².